The normalized spacial score (nSPS) is 10.2. The first-order chi connectivity index (χ1) is 13.4. The van der Waals surface area contributed by atoms with E-state index < -0.39 is 5.82 Å². The number of hydrogen-bond acceptors (Lipinski definition) is 3. The quantitative estimate of drug-likeness (QED) is 0.597. The molecule has 0 aromatic heterocycles. The van der Waals surface area contributed by atoms with Crippen molar-refractivity contribution in [2.75, 3.05) is 10.6 Å². The highest BCUT2D eigenvalue weighted by Gasteiger charge is 2.11. The molecular formula is C21H16ClFN2O3. The standard InChI is InChI=1S/C21H16ClFN2O3/c1-13(26)24-20-11-15(22)7-10-19(20)25-21(27)14-5-8-17(9-6-14)28-18-4-2-3-16(23)12-18/h2-12H,1H3,(H,24,26)(H,25,27). The van der Waals surface area contributed by atoms with Gasteiger partial charge in [-0.2, -0.15) is 0 Å². The fourth-order valence-electron chi connectivity index (χ4n) is 2.45. The molecule has 0 bridgehead atoms. The molecule has 3 aromatic rings. The number of amides is 2. The molecular weight excluding hydrogens is 383 g/mol. The van der Waals surface area contributed by atoms with Crippen LogP contribution < -0.4 is 15.4 Å². The van der Waals surface area contributed by atoms with Crippen LogP contribution in [0.15, 0.2) is 66.7 Å². The van der Waals surface area contributed by atoms with Crippen LogP contribution in [0.5, 0.6) is 11.5 Å². The van der Waals surface area contributed by atoms with Gasteiger partial charge in [0.25, 0.3) is 5.91 Å². The molecule has 28 heavy (non-hydrogen) atoms. The molecule has 0 atom stereocenters. The third kappa shape index (κ3) is 5.08. The largest absolute Gasteiger partial charge is 0.457 e. The van der Waals surface area contributed by atoms with Crippen LogP contribution >= 0.6 is 11.6 Å². The second-order valence-electron chi connectivity index (χ2n) is 5.91. The van der Waals surface area contributed by atoms with Crippen molar-refractivity contribution in [1.82, 2.24) is 0 Å². The molecule has 0 aliphatic rings. The van der Waals surface area contributed by atoms with Crippen LogP contribution in [0.4, 0.5) is 15.8 Å². The van der Waals surface area contributed by atoms with E-state index in [1.165, 1.54) is 19.1 Å². The molecule has 3 aromatic carbocycles. The first-order valence-electron chi connectivity index (χ1n) is 8.33. The minimum Gasteiger partial charge on any atom is -0.457 e. The molecule has 0 aliphatic heterocycles. The summed E-state index contributed by atoms with van der Waals surface area (Å²) in [6, 6.07) is 16.9. The Hall–Kier alpha value is -3.38. The van der Waals surface area contributed by atoms with Gasteiger partial charge in [-0.3, -0.25) is 9.59 Å². The second-order valence-corrected chi connectivity index (χ2v) is 6.35. The average molecular weight is 399 g/mol. The lowest BCUT2D eigenvalue weighted by atomic mass is 10.2. The first kappa shape index (κ1) is 19.4. The van der Waals surface area contributed by atoms with Crippen LogP contribution in [0, 0.1) is 5.82 Å². The van der Waals surface area contributed by atoms with Gasteiger partial charge >= 0.3 is 0 Å². The van der Waals surface area contributed by atoms with Crippen LogP contribution in [0.25, 0.3) is 0 Å². The van der Waals surface area contributed by atoms with Crippen LogP contribution in [-0.4, -0.2) is 11.8 Å². The lowest BCUT2D eigenvalue weighted by Crippen LogP contribution is -2.15. The SMILES string of the molecule is CC(=O)Nc1cc(Cl)ccc1NC(=O)c1ccc(Oc2cccc(F)c2)cc1. The summed E-state index contributed by atoms with van der Waals surface area (Å²) < 4.78 is 18.8. The summed E-state index contributed by atoms with van der Waals surface area (Å²) in [6.07, 6.45) is 0. The summed E-state index contributed by atoms with van der Waals surface area (Å²) in [5.74, 6) is -0.222. The highest BCUT2D eigenvalue weighted by molar-refractivity contribution is 6.31. The minimum absolute atomic E-state index is 0.281. The van der Waals surface area contributed by atoms with E-state index in [0.29, 0.717) is 33.5 Å². The predicted octanol–water partition coefficient (Wildman–Crippen LogP) is 5.48. The minimum atomic E-state index is -0.397. The lowest BCUT2D eigenvalue weighted by molar-refractivity contribution is -0.114. The molecule has 7 heteroatoms. The third-order valence-electron chi connectivity index (χ3n) is 3.69. The zero-order valence-electron chi connectivity index (χ0n) is 14.8. The summed E-state index contributed by atoms with van der Waals surface area (Å²) >= 11 is 5.95. The van der Waals surface area contributed by atoms with Crippen LogP contribution in [0.1, 0.15) is 17.3 Å². The average Bonchev–Trinajstić information content (AvgIpc) is 2.64. The molecule has 142 valence electrons. The Morgan fingerprint density at radius 2 is 1.64 bits per heavy atom. The van der Waals surface area contributed by atoms with Gasteiger partial charge in [0, 0.05) is 23.6 Å². The molecule has 0 saturated carbocycles. The number of carbonyl (C=O) groups excluding carboxylic acids is 2. The van der Waals surface area contributed by atoms with Gasteiger partial charge in [-0.05, 0) is 54.6 Å². The Morgan fingerprint density at radius 1 is 0.893 bits per heavy atom. The number of halogens is 2. The van der Waals surface area contributed by atoms with Crippen molar-refractivity contribution in [3.8, 4) is 11.5 Å². The summed E-state index contributed by atoms with van der Waals surface area (Å²) in [5, 5.41) is 5.79. The molecule has 3 rings (SSSR count). The summed E-state index contributed by atoms with van der Waals surface area (Å²) in [4.78, 5) is 23.8. The first-order valence-corrected chi connectivity index (χ1v) is 8.70. The molecule has 2 N–H and O–H groups in total. The van der Waals surface area contributed by atoms with Gasteiger partial charge in [-0.25, -0.2) is 4.39 Å². The number of benzene rings is 3. The van der Waals surface area contributed by atoms with Crippen molar-refractivity contribution < 1.29 is 18.7 Å². The van der Waals surface area contributed by atoms with Crippen molar-refractivity contribution >= 4 is 34.8 Å². The summed E-state index contributed by atoms with van der Waals surface area (Å²) in [5.41, 5.74) is 1.21. The Labute approximate surface area is 166 Å². The number of hydrogen-bond donors (Lipinski definition) is 2. The Morgan fingerprint density at radius 3 is 2.32 bits per heavy atom. The van der Waals surface area contributed by atoms with Gasteiger partial charge in [0.15, 0.2) is 0 Å². The topological polar surface area (TPSA) is 67.4 Å². The zero-order chi connectivity index (χ0) is 20.1. The highest BCUT2D eigenvalue weighted by atomic mass is 35.5. The van der Waals surface area contributed by atoms with E-state index in [9.17, 15) is 14.0 Å². The van der Waals surface area contributed by atoms with E-state index in [2.05, 4.69) is 10.6 Å². The fourth-order valence-corrected chi connectivity index (χ4v) is 2.63. The van der Waals surface area contributed by atoms with Gasteiger partial charge in [0.1, 0.15) is 17.3 Å². The Kier molecular flexibility index (Phi) is 5.91. The van der Waals surface area contributed by atoms with E-state index >= 15 is 0 Å². The summed E-state index contributed by atoms with van der Waals surface area (Å²) in [7, 11) is 0. The Balaban J connectivity index is 1.72. The maximum atomic E-state index is 13.2. The van der Waals surface area contributed by atoms with E-state index in [0.717, 1.165) is 0 Å². The van der Waals surface area contributed by atoms with E-state index in [4.69, 9.17) is 16.3 Å². The molecule has 2 amide bonds. The third-order valence-corrected chi connectivity index (χ3v) is 3.92. The molecule has 0 aliphatic carbocycles. The van der Waals surface area contributed by atoms with Crippen LogP contribution in [0.2, 0.25) is 5.02 Å². The Bertz CT molecular complexity index is 1020. The number of carbonyl (C=O) groups is 2. The van der Waals surface area contributed by atoms with Crippen molar-refractivity contribution in [1.29, 1.82) is 0 Å². The van der Waals surface area contributed by atoms with Crippen molar-refractivity contribution in [2.45, 2.75) is 6.92 Å². The van der Waals surface area contributed by atoms with Gasteiger partial charge in [0.2, 0.25) is 5.91 Å². The van der Waals surface area contributed by atoms with Gasteiger partial charge < -0.3 is 15.4 Å². The number of nitrogens with one attached hydrogen (secondary N) is 2. The zero-order valence-corrected chi connectivity index (χ0v) is 15.6. The summed E-state index contributed by atoms with van der Waals surface area (Å²) in [6.45, 7) is 1.36. The molecule has 0 radical (unpaired) electrons. The van der Waals surface area contributed by atoms with Gasteiger partial charge in [-0.15, -0.1) is 0 Å². The maximum Gasteiger partial charge on any atom is 0.255 e. The fraction of sp³-hybridized carbons (Fsp3) is 0.0476. The van der Waals surface area contributed by atoms with Crippen molar-refractivity contribution in [3.05, 3.63) is 83.1 Å². The number of anilines is 2. The molecule has 0 fully saturated rings. The molecule has 0 heterocycles. The van der Waals surface area contributed by atoms with Crippen LogP contribution in [0.3, 0.4) is 0 Å². The predicted molar refractivity (Wildman–Crippen MR) is 107 cm³/mol. The van der Waals surface area contributed by atoms with Crippen molar-refractivity contribution in [2.24, 2.45) is 0 Å². The smallest absolute Gasteiger partial charge is 0.255 e. The number of ether oxygens (including phenoxy) is 1. The van der Waals surface area contributed by atoms with Gasteiger partial charge in [0.05, 0.1) is 11.4 Å². The van der Waals surface area contributed by atoms with E-state index in [1.807, 2.05) is 0 Å². The maximum absolute atomic E-state index is 13.2. The molecule has 0 saturated heterocycles. The highest BCUT2D eigenvalue weighted by Crippen LogP contribution is 2.27. The monoisotopic (exact) mass is 398 g/mol. The van der Waals surface area contributed by atoms with Crippen molar-refractivity contribution in [3.63, 3.8) is 0 Å². The van der Waals surface area contributed by atoms with Gasteiger partial charge in [-0.1, -0.05) is 17.7 Å². The molecule has 5 nitrogen and oxygen atoms in total. The number of rotatable bonds is 5. The van der Waals surface area contributed by atoms with E-state index in [-0.39, 0.29) is 11.8 Å². The van der Waals surface area contributed by atoms with Crippen LogP contribution in [-0.2, 0) is 4.79 Å². The molecule has 0 spiro atoms. The lowest BCUT2D eigenvalue weighted by Gasteiger charge is -2.12. The molecule has 0 unspecified atom stereocenters. The second kappa shape index (κ2) is 8.54. The van der Waals surface area contributed by atoms with E-state index in [1.54, 1.807) is 54.6 Å².